The number of aliphatic carboxylic acids is 1. The summed E-state index contributed by atoms with van der Waals surface area (Å²) in [6.07, 6.45) is 0.434. The van der Waals surface area contributed by atoms with Crippen LogP contribution < -0.4 is 16.4 Å². The molecular weight excluding hydrogens is 813 g/mol. The van der Waals surface area contributed by atoms with E-state index in [1.165, 1.54) is 123 Å². The molecule has 0 fully saturated rings. The van der Waals surface area contributed by atoms with Crippen molar-refractivity contribution in [3.63, 3.8) is 0 Å². The van der Waals surface area contributed by atoms with E-state index in [1.807, 2.05) is 21.0 Å². The zero-order chi connectivity index (χ0) is 50.9. The highest BCUT2D eigenvalue weighted by molar-refractivity contribution is 5.85. The fourth-order valence-electron chi connectivity index (χ4n) is 9.18. The number of carbonyl (C=O) groups excluding carboxylic acids is 1. The second-order valence-electron chi connectivity index (χ2n) is 19.5. The smallest absolute Gasteiger partial charge is 0.307 e. The third kappa shape index (κ3) is 10.7. The van der Waals surface area contributed by atoms with Gasteiger partial charge < -0.3 is 26.4 Å². The molecule has 0 aliphatic carbocycles. The van der Waals surface area contributed by atoms with Crippen molar-refractivity contribution in [3.05, 3.63) is 139 Å². The van der Waals surface area contributed by atoms with Crippen molar-refractivity contribution in [2.45, 2.75) is 172 Å². The zero-order valence-electron chi connectivity index (χ0n) is 45.7. The first-order valence-corrected chi connectivity index (χ1v) is 23.5. The van der Waals surface area contributed by atoms with Gasteiger partial charge in [-0.05, 0) is 298 Å². The summed E-state index contributed by atoms with van der Waals surface area (Å²) in [5.41, 5.74) is 42.2. The first kappa shape index (κ1) is 54.8. The normalized spacial score (nSPS) is 10.9. The van der Waals surface area contributed by atoms with E-state index in [0.717, 1.165) is 45.0 Å². The predicted octanol–water partition coefficient (Wildman–Crippen LogP) is 14.5. The molecule has 0 saturated carbocycles. The molecule has 0 unspecified atom stereocenters. The second kappa shape index (κ2) is 21.4. The summed E-state index contributed by atoms with van der Waals surface area (Å²) < 4.78 is 0. The van der Waals surface area contributed by atoms with E-state index >= 15 is 0 Å². The summed E-state index contributed by atoms with van der Waals surface area (Å²) in [5, 5.41) is 16.8. The molecule has 0 aliphatic rings. The molecule has 5 aromatic carbocycles. The Kier molecular flexibility index (Phi) is 17.7. The van der Waals surface area contributed by atoms with Gasteiger partial charge in [-0.3, -0.25) is 9.59 Å². The topological polar surface area (TPSA) is 108 Å². The number of nitrogens with two attached hydrogens (primary N) is 1. The number of carboxylic acid groups (broad SMARTS) is 1. The third-order valence-electron chi connectivity index (χ3n) is 16.3. The van der Waals surface area contributed by atoms with Gasteiger partial charge in [0.05, 0.1) is 12.8 Å². The molecular formula is C59H84N4O3. The maximum Gasteiger partial charge on any atom is 0.307 e. The van der Waals surface area contributed by atoms with E-state index in [9.17, 15) is 14.7 Å². The van der Waals surface area contributed by atoms with Gasteiger partial charge in [-0.15, -0.1) is 0 Å². The number of anilines is 5. The molecule has 0 aromatic heterocycles. The number of rotatable bonds is 8. The van der Waals surface area contributed by atoms with Gasteiger partial charge in [0.1, 0.15) is 0 Å². The fraction of sp³-hybridized carbons (Fsp3) is 0.458. The predicted molar refractivity (Wildman–Crippen MR) is 286 cm³/mol. The highest BCUT2D eigenvalue weighted by Crippen LogP contribution is 2.40. The van der Waals surface area contributed by atoms with Crippen LogP contribution >= 0.6 is 0 Å². The number of likely N-dealkylation sites (N-methyl/N-ethyl adjacent to an activating group) is 1. The van der Waals surface area contributed by atoms with Gasteiger partial charge in [0.25, 0.3) is 0 Å². The molecule has 0 saturated heterocycles. The number of amides is 1. The quantitative estimate of drug-likeness (QED) is 0.116. The lowest BCUT2D eigenvalue weighted by Gasteiger charge is -2.26. The van der Waals surface area contributed by atoms with Crippen LogP contribution in [-0.4, -0.2) is 36.0 Å². The van der Waals surface area contributed by atoms with Gasteiger partial charge in [0.2, 0.25) is 5.91 Å². The summed E-state index contributed by atoms with van der Waals surface area (Å²) in [4.78, 5) is 25.7. The number of carboxylic acids is 1. The van der Waals surface area contributed by atoms with Crippen LogP contribution in [0.5, 0.6) is 0 Å². The van der Waals surface area contributed by atoms with Gasteiger partial charge in [0, 0.05) is 42.5 Å². The monoisotopic (exact) mass is 897 g/mol. The Morgan fingerprint density at radius 2 is 0.561 bits per heavy atom. The first-order valence-electron chi connectivity index (χ1n) is 23.5. The highest BCUT2D eigenvalue weighted by Gasteiger charge is 2.23. The summed E-state index contributed by atoms with van der Waals surface area (Å²) in [6, 6.07) is 0. The number of benzene rings is 5. The molecule has 358 valence electrons. The van der Waals surface area contributed by atoms with Crippen LogP contribution in [0.1, 0.15) is 139 Å². The maximum absolute atomic E-state index is 12.6. The Hall–Kier alpha value is -5.56. The molecule has 5 aromatic rings. The molecule has 7 nitrogen and oxygen atoms in total. The van der Waals surface area contributed by atoms with Gasteiger partial charge in [0.15, 0.2) is 0 Å². The molecule has 66 heavy (non-hydrogen) atoms. The minimum Gasteiger partial charge on any atom is -0.481 e. The van der Waals surface area contributed by atoms with Gasteiger partial charge in [-0.1, -0.05) is 0 Å². The van der Waals surface area contributed by atoms with E-state index in [4.69, 9.17) is 5.73 Å². The number of nitrogens with one attached hydrogen (secondary N) is 2. The molecule has 0 aliphatic heterocycles. The first-order chi connectivity index (χ1) is 30.3. The molecule has 0 heterocycles. The second-order valence-corrected chi connectivity index (χ2v) is 19.5. The van der Waals surface area contributed by atoms with Crippen molar-refractivity contribution >= 4 is 40.3 Å². The van der Waals surface area contributed by atoms with Crippen LogP contribution in [0, 0.1) is 159 Å². The van der Waals surface area contributed by atoms with E-state index in [1.54, 1.807) is 4.90 Å². The van der Waals surface area contributed by atoms with Crippen LogP contribution in [0.25, 0.3) is 0 Å². The number of nitrogens with zero attached hydrogens (tertiary/aromatic N) is 1. The van der Waals surface area contributed by atoms with Crippen molar-refractivity contribution in [2.75, 3.05) is 30.5 Å². The standard InChI is InChI=1S/C25H36N2O.C23H31NO2.C11H17N/c1-13-15(3)19(7)24(20(8)16(13)4)26-25-21(9)17(5)14(2)18(6)22(25)12-23(28)27(10)11;1-11-13(3)17(7)22(18(8)14(11)4)24-23-19(9)15(5)12(2)16(6)20(23)10-21(25)26;1-6-7(2)9(4)11(12)10(5)8(6)3/h26H,12H2,1-11H3;24H,10H2,1-9H3,(H,25,26);12H2,1-5H3. The largest absolute Gasteiger partial charge is 0.481 e. The minimum absolute atomic E-state index is 0.0258. The lowest BCUT2D eigenvalue weighted by atomic mass is 9.89. The molecule has 0 spiro atoms. The van der Waals surface area contributed by atoms with Crippen LogP contribution in [0.2, 0.25) is 0 Å². The van der Waals surface area contributed by atoms with E-state index in [-0.39, 0.29) is 12.3 Å². The number of hydrogen-bond acceptors (Lipinski definition) is 5. The van der Waals surface area contributed by atoms with Gasteiger partial charge in [-0.25, -0.2) is 0 Å². The van der Waals surface area contributed by atoms with Gasteiger partial charge in [-0.2, -0.15) is 0 Å². The van der Waals surface area contributed by atoms with Crippen molar-refractivity contribution < 1.29 is 14.7 Å². The Labute approximate surface area is 400 Å². The lowest BCUT2D eigenvalue weighted by Crippen LogP contribution is -2.24. The van der Waals surface area contributed by atoms with Crippen LogP contribution in [-0.2, 0) is 22.4 Å². The van der Waals surface area contributed by atoms with E-state index < -0.39 is 5.97 Å². The summed E-state index contributed by atoms with van der Waals surface area (Å²) >= 11 is 0. The Balaban J connectivity index is 0.000000282. The average molecular weight is 897 g/mol. The lowest BCUT2D eigenvalue weighted by molar-refractivity contribution is -0.136. The van der Waals surface area contributed by atoms with Crippen molar-refractivity contribution in [1.82, 2.24) is 4.90 Å². The fourth-order valence-corrected chi connectivity index (χ4v) is 9.18. The van der Waals surface area contributed by atoms with Crippen molar-refractivity contribution in [3.8, 4) is 0 Å². The average Bonchev–Trinajstić information content (AvgIpc) is 3.28. The van der Waals surface area contributed by atoms with Crippen molar-refractivity contribution in [2.24, 2.45) is 0 Å². The Bertz CT molecular complexity index is 2590. The zero-order valence-corrected chi connectivity index (χ0v) is 45.7. The number of nitrogen functional groups attached to an aromatic ring is 1. The highest BCUT2D eigenvalue weighted by atomic mass is 16.4. The SMILES string of the molecule is Cc1c(C)c(C)c(N)c(C)c1C.Cc1c(C)c(C)c(Nc2c(C)c(C)c(C)c(C)c2CC(=O)N(C)C)c(C)c1C.Cc1c(C)c(C)c(Nc2c(C)c(C)c(C)c(C)c2CC(=O)O)c(C)c1C. The van der Waals surface area contributed by atoms with Gasteiger partial charge >= 0.3 is 5.97 Å². The van der Waals surface area contributed by atoms with Crippen LogP contribution in [0.4, 0.5) is 28.4 Å². The molecule has 0 bridgehead atoms. The molecule has 0 atom stereocenters. The number of carbonyl (C=O) groups is 2. The minimum atomic E-state index is -0.802. The molecule has 5 N–H and O–H groups in total. The molecule has 0 radical (unpaired) electrons. The molecule has 5 rings (SSSR count). The van der Waals surface area contributed by atoms with E-state index in [2.05, 4.69) is 163 Å². The Morgan fingerprint density at radius 1 is 0.348 bits per heavy atom. The Morgan fingerprint density at radius 3 is 0.818 bits per heavy atom. The summed E-state index contributed by atoms with van der Waals surface area (Å²) in [5.74, 6) is -0.679. The summed E-state index contributed by atoms with van der Waals surface area (Å²) in [7, 11) is 3.64. The third-order valence-corrected chi connectivity index (χ3v) is 16.3. The van der Waals surface area contributed by atoms with E-state index in [0.29, 0.717) is 6.42 Å². The number of hydrogen-bond donors (Lipinski definition) is 4. The molecule has 7 heteroatoms. The van der Waals surface area contributed by atoms with Crippen LogP contribution in [0.3, 0.4) is 0 Å². The maximum atomic E-state index is 12.6. The molecule has 1 amide bonds. The van der Waals surface area contributed by atoms with Crippen molar-refractivity contribution in [1.29, 1.82) is 0 Å². The van der Waals surface area contributed by atoms with Crippen LogP contribution in [0.15, 0.2) is 0 Å². The summed E-state index contributed by atoms with van der Waals surface area (Å²) in [6.45, 7) is 49.2.